The fraction of sp³-hybridized carbons (Fsp3) is 0.400. The zero-order chi connectivity index (χ0) is 14.3. The predicted octanol–water partition coefficient (Wildman–Crippen LogP) is 4.93. The van der Waals surface area contributed by atoms with Gasteiger partial charge in [0.1, 0.15) is 0 Å². The van der Waals surface area contributed by atoms with E-state index in [-0.39, 0.29) is 5.41 Å². The minimum absolute atomic E-state index is 0.171. The van der Waals surface area contributed by atoms with Crippen molar-refractivity contribution >= 4 is 0 Å². The van der Waals surface area contributed by atoms with Crippen LogP contribution in [0.2, 0.25) is 0 Å². The van der Waals surface area contributed by atoms with E-state index in [9.17, 15) is 0 Å². The van der Waals surface area contributed by atoms with Crippen LogP contribution in [0.3, 0.4) is 0 Å². The van der Waals surface area contributed by atoms with E-state index in [1.165, 1.54) is 41.5 Å². The average molecular weight is 278 g/mol. The van der Waals surface area contributed by atoms with Crippen molar-refractivity contribution in [3.63, 3.8) is 0 Å². The van der Waals surface area contributed by atoms with Gasteiger partial charge < -0.3 is 4.74 Å². The van der Waals surface area contributed by atoms with Gasteiger partial charge in [-0.2, -0.15) is 0 Å². The van der Waals surface area contributed by atoms with Gasteiger partial charge in [-0.1, -0.05) is 68.3 Å². The van der Waals surface area contributed by atoms with Gasteiger partial charge >= 0.3 is 0 Å². The van der Waals surface area contributed by atoms with E-state index in [4.69, 9.17) is 4.74 Å². The van der Waals surface area contributed by atoms with E-state index in [1.807, 2.05) is 0 Å². The first-order valence-corrected chi connectivity index (χ1v) is 8.16. The number of hydrogen-bond acceptors (Lipinski definition) is 1. The van der Waals surface area contributed by atoms with Gasteiger partial charge in [-0.15, -0.1) is 0 Å². The Morgan fingerprint density at radius 3 is 2.10 bits per heavy atom. The maximum Gasteiger partial charge on any atom is 0.0821 e. The van der Waals surface area contributed by atoms with E-state index < -0.39 is 0 Å². The van der Waals surface area contributed by atoms with Gasteiger partial charge in [-0.05, 0) is 35.1 Å². The van der Waals surface area contributed by atoms with Crippen LogP contribution in [0.1, 0.15) is 43.7 Å². The van der Waals surface area contributed by atoms with Crippen LogP contribution in [0.5, 0.6) is 0 Å². The first-order valence-electron chi connectivity index (χ1n) is 8.16. The summed E-state index contributed by atoms with van der Waals surface area (Å²) >= 11 is 0. The Bertz CT molecular complexity index is 609. The average Bonchev–Trinajstić information content (AvgIpc) is 3.31. The van der Waals surface area contributed by atoms with Gasteiger partial charge in [-0.3, -0.25) is 0 Å². The van der Waals surface area contributed by atoms with Gasteiger partial charge in [-0.25, -0.2) is 0 Å². The van der Waals surface area contributed by atoms with E-state index >= 15 is 0 Å². The van der Waals surface area contributed by atoms with Gasteiger partial charge in [0, 0.05) is 5.41 Å². The topological polar surface area (TPSA) is 12.5 Å². The molecule has 108 valence electrons. The fourth-order valence-electron chi connectivity index (χ4n) is 4.06. The van der Waals surface area contributed by atoms with Crippen LogP contribution in [-0.4, -0.2) is 12.7 Å². The molecule has 0 aromatic heterocycles. The molecule has 0 N–H and O–H groups in total. The van der Waals surface area contributed by atoms with Crippen LogP contribution >= 0.6 is 0 Å². The molecule has 1 atom stereocenters. The number of rotatable bonds is 5. The normalized spacial score (nSPS) is 20.9. The minimum Gasteiger partial charge on any atom is -0.373 e. The molecule has 2 aliphatic rings. The van der Waals surface area contributed by atoms with E-state index in [2.05, 4.69) is 55.5 Å². The molecular weight excluding hydrogens is 256 g/mol. The number of epoxide rings is 1. The number of fused-ring (bicyclic) bond motifs is 3. The third-order valence-electron chi connectivity index (χ3n) is 5.11. The molecule has 1 aliphatic heterocycles. The van der Waals surface area contributed by atoms with Gasteiger partial charge in [0.2, 0.25) is 0 Å². The fourth-order valence-corrected chi connectivity index (χ4v) is 4.06. The summed E-state index contributed by atoms with van der Waals surface area (Å²) < 4.78 is 5.61. The Kier molecular flexibility index (Phi) is 3.11. The van der Waals surface area contributed by atoms with Crippen LogP contribution in [0.25, 0.3) is 11.1 Å². The molecule has 2 aromatic rings. The molecular formula is C20H22O. The summed E-state index contributed by atoms with van der Waals surface area (Å²) in [4.78, 5) is 0. The molecule has 1 saturated heterocycles. The van der Waals surface area contributed by atoms with Crippen LogP contribution in [0, 0.1) is 0 Å². The molecule has 1 nitrogen and oxygen atoms in total. The summed E-state index contributed by atoms with van der Waals surface area (Å²) in [5.41, 5.74) is 6.09. The summed E-state index contributed by atoms with van der Waals surface area (Å²) in [5, 5.41) is 0. The van der Waals surface area contributed by atoms with Gasteiger partial charge in [0.15, 0.2) is 0 Å². The molecule has 4 rings (SSSR count). The lowest BCUT2D eigenvalue weighted by Gasteiger charge is -2.32. The molecule has 1 heteroatoms. The highest BCUT2D eigenvalue weighted by atomic mass is 16.6. The highest BCUT2D eigenvalue weighted by Crippen LogP contribution is 2.54. The van der Waals surface area contributed by atoms with Crippen LogP contribution < -0.4 is 0 Å². The molecule has 2 aromatic carbocycles. The van der Waals surface area contributed by atoms with Crippen molar-refractivity contribution in [2.75, 3.05) is 6.61 Å². The van der Waals surface area contributed by atoms with Crippen LogP contribution in [0.4, 0.5) is 0 Å². The van der Waals surface area contributed by atoms with E-state index in [0.717, 1.165) is 13.0 Å². The Hall–Kier alpha value is -1.60. The predicted molar refractivity (Wildman–Crippen MR) is 86.5 cm³/mol. The van der Waals surface area contributed by atoms with Crippen molar-refractivity contribution in [2.45, 2.75) is 44.1 Å². The molecule has 21 heavy (non-hydrogen) atoms. The third-order valence-corrected chi connectivity index (χ3v) is 5.11. The smallest absolute Gasteiger partial charge is 0.0821 e. The first-order chi connectivity index (χ1) is 10.3. The quantitative estimate of drug-likeness (QED) is 0.706. The van der Waals surface area contributed by atoms with Gasteiger partial charge in [0.25, 0.3) is 0 Å². The SMILES string of the molecule is CCCCC1(CC2CO2)c2ccccc2-c2ccccc21. The van der Waals surface area contributed by atoms with Crippen molar-refractivity contribution in [3.05, 3.63) is 59.7 Å². The minimum atomic E-state index is 0.171. The lowest BCUT2D eigenvalue weighted by molar-refractivity contribution is 0.333. The van der Waals surface area contributed by atoms with Crippen molar-refractivity contribution in [1.82, 2.24) is 0 Å². The second-order valence-electron chi connectivity index (χ2n) is 6.44. The van der Waals surface area contributed by atoms with Crippen LogP contribution in [-0.2, 0) is 10.2 Å². The maximum atomic E-state index is 5.61. The van der Waals surface area contributed by atoms with Gasteiger partial charge in [0.05, 0.1) is 12.7 Å². The molecule has 1 heterocycles. The lowest BCUT2D eigenvalue weighted by atomic mass is 9.71. The largest absolute Gasteiger partial charge is 0.373 e. The van der Waals surface area contributed by atoms with Crippen LogP contribution in [0.15, 0.2) is 48.5 Å². The zero-order valence-corrected chi connectivity index (χ0v) is 12.6. The highest BCUT2D eigenvalue weighted by Gasteiger charge is 2.46. The maximum absolute atomic E-state index is 5.61. The second kappa shape index (κ2) is 4.99. The standard InChI is InChI=1S/C20H22O/c1-2-3-12-20(13-15-14-21-15)18-10-6-4-8-16(18)17-9-5-7-11-19(17)20/h4-11,15H,2-3,12-14H2,1H3. The van der Waals surface area contributed by atoms with E-state index in [1.54, 1.807) is 0 Å². The van der Waals surface area contributed by atoms with Crippen molar-refractivity contribution < 1.29 is 4.74 Å². The number of hydrogen-bond donors (Lipinski definition) is 0. The molecule has 1 fully saturated rings. The highest BCUT2D eigenvalue weighted by molar-refractivity contribution is 5.81. The monoisotopic (exact) mass is 278 g/mol. The molecule has 0 radical (unpaired) electrons. The second-order valence-corrected chi connectivity index (χ2v) is 6.44. The summed E-state index contributed by atoms with van der Waals surface area (Å²) in [7, 11) is 0. The third kappa shape index (κ3) is 2.03. The molecule has 0 amide bonds. The summed E-state index contributed by atoms with van der Waals surface area (Å²) in [5.74, 6) is 0. The molecule has 1 aliphatic carbocycles. The summed E-state index contributed by atoms with van der Waals surface area (Å²) in [6, 6.07) is 18.0. The zero-order valence-electron chi connectivity index (χ0n) is 12.6. The molecule has 0 saturated carbocycles. The molecule has 0 bridgehead atoms. The van der Waals surface area contributed by atoms with E-state index in [0.29, 0.717) is 6.10 Å². The number of unbranched alkanes of at least 4 members (excludes halogenated alkanes) is 1. The summed E-state index contributed by atoms with van der Waals surface area (Å²) in [6.45, 7) is 3.23. The summed E-state index contributed by atoms with van der Waals surface area (Å²) in [6.07, 6.45) is 5.35. The number of benzene rings is 2. The van der Waals surface area contributed by atoms with Crippen molar-refractivity contribution in [2.24, 2.45) is 0 Å². The Balaban J connectivity index is 1.90. The van der Waals surface area contributed by atoms with Crippen molar-refractivity contribution in [3.8, 4) is 11.1 Å². The number of ether oxygens (including phenoxy) is 1. The lowest BCUT2D eigenvalue weighted by Crippen LogP contribution is -2.27. The van der Waals surface area contributed by atoms with Crippen molar-refractivity contribution in [1.29, 1.82) is 0 Å². The Morgan fingerprint density at radius 2 is 1.57 bits per heavy atom. The Labute approximate surface area is 127 Å². The Morgan fingerprint density at radius 1 is 1.00 bits per heavy atom. The first kappa shape index (κ1) is 13.1. The molecule has 1 unspecified atom stereocenters. The molecule has 0 spiro atoms.